The summed E-state index contributed by atoms with van der Waals surface area (Å²) in [5.74, 6) is -2.70. The van der Waals surface area contributed by atoms with E-state index in [4.69, 9.17) is 0 Å². The summed E-state index contributed by atoms with van der Waals surface area (Å²) in [6, 6.07) is 6.98. The summed E-state index contributed by atoms with van der Waals surface area (Å²) in [7, 11) is -3.87. The summed E-state index contributed by atoms with van der Waals surface area (Å²) < 4.78 is 120. The van der Waals surface area contributed by atoms with Gasteiger partial charge in [0.1, 0.15) is 5.75 Å². The highest BCUT2D eigenvalue weighted by molar-refractivity contribution is 7.91. The molecule has 3 heterocycles. The highest BCUT2D eigenvalue weighted by Gasteiger charge is 2.44. The normalized spacial score (nSPS) is 12.9. The minimum absolute atomic E-state index is 0.00321. The number of hydrogen-bond acceptors (Lipinski definition) is 7. The molecule has 0 aliphatic carbocycles. The maximum atomic E-state index is 13.1. The van der Waals surface area contributed by atoms with E-state index in [-0.39, 0.29) is 38.9 Å². The first-order chi connectivity index (χ1) is 17.2. The third-order valence-electron chi connectivity index (χ3n) is 4.95. The first-order valence-corrected chi connectivity index (χ1v) is 11.9. The lowest BCUT2D eigenvalue weighted by Crippen LogP contribution is -2.33. The Morgan fingerprint density at radius 3 is 2.24 bits per heavy atom. The molecule has 8 nitrogen and oxygen atoms in total. The third kappa shape index (κ3) is 5.33. The van der Waals surface area contributed by atoms with Crippen LogP contribution in [-0.4, -0.2) is 51.3 Å². The number of hydrogen-bond donors (Lipinski definition) is 0. The van der Waals surface area contributed by atoms with Crippen LogP contribution in [0, 0.1) is 0 Å². The summed E-state index contributed by atoms with van der Waals surface area (Å²) in [5.41, 5.74) is 0.231. The largest absolute Gasteiger partial charge is 0.461 e. The quantitative estimate of drug-likeness (QED) is 0.303. The number of sulfone groups is 1. The average Bonchev–Trinajstić information content (AvgIpc) is 3.28. The van der Waals surface area contributed by atoms with Gasteiger partial charge in [-0.05, 0) is 36.4 Å². The monoisotopic (exact) mass is 549 g/mol. The Bertz CT molecular complexity index is 1560. The van der Waals surface area contributed by atoms with Crippen molar-refractivity contribution < 1.29 is 43.9 Å². The van der Waals surface area contributed by atoms with Gasteiger partial charge >= 0.3 is 18.7 Å². The van der Waals surface area contributed by atoms with Crippen LogP contribution in [0.25, 0.3) is 28.3 Å². The van der Waals surface area contributed by atoms with E-state index in [1.165, 1.54) is 31.2 Å². The second kappa shape index (κ2) is 9.24. The Hall–Kier alpha value is -3.82. The van der Waals surface area contributed by atoms with Crippen molar-refractivity contribution in [2.45, 2.75) is 30.5 Å². The molecular weight excluding hydrogens is 535 g/mol. The number of ether oxygens (including phenoxy) is 1. The van der Waals surface area contributed by atoms with Crippen molar-refractivity contribution in [3.05, 3.63) is 54.6 Å². The predicted octanol–water partition coefficient (Wildman–Crippen LogP) is 4.90. The van der Waals surface area contributed by atoms with Gasteiger partial charge in [0.2, 0.25) is 0 Å². The Labute approximate surface area is 203 Å². The lowest BCUT2D eigenvalue weighted by atomic mass is 10.1. The average molecular weight is 549 g/mol. The molecule has 37 heavy (non-hydrogen) atoms. The summed E-state index contributed by atoms with van der Waals surface area (Å²) >= 11 is 0. The highest BCUT2D eigenvalue weighted by Crippen LogP contribution is 2.32. The summed E-state index contributed by atoms with van der Waals surface area (Å²) in [5, 5.41) is 3.33. The van der Waals surface area contributed by atoms with Crippen LogP contribution in [0.3, 0.4) is 0 Å². The molecule has 0 unspecified atom stereocenters. The van der Waals surface area contributed by atoms with E-state index in [1.54, 1.807) is 0 Å². The molecule has 0 aliphatic heterocycles. The van der Waals surface area contributed by atoms with Crippen LogP contribution in [0.5, 0.6) is 5.75 Å². The molecule has 0 aliphatic rings. The molecule has 0 N–H and O–H groups in total. The molecule has 0 bridgehead atoms. The second-order valence-corrected chi connectivity index (χ2v) is 9.70. The fourth-order valence-electron chi connectivity index (χ4n) is 3.14. The van der Waals surface area contributed by atoms with Gasteiger partial charge < -0.3 is 4.74 Å². The number of fused-ring (bicyclic) bond motifs is 1. The van der Waals surface area contributed by atoms with Crippen LogP contribution < -0.4 is 4.74 Å². The van der Waals surface area contributed by atoms with E-state index in [0.29, 0.717) is 0 Å². The van der Waals surface area contributed by atoms with Crippen LogP contribution in [0.4, 0.5) is 30.7 Å². The van der Waals surface area contributed by atoms with Gasteiger partial charge in [0, 0.05) is 23.5 Å². The Kier molecular flexibility index (Phi) is 6.56. The zero-order chi connectivity index (χ0) is 27.2. The van der Waals surface area contributed by atoms with Crippen molar-refractivity contribution in [2.24, 2.45) is 0 Å². The molecule has 16 heteroatoms. The smallest absolute Gasteiger partial charge is 0.428 e. The van der Waals surface area contributed by atoms with Crippen LogP contribution in [-0.2, 0) is 16.0 Å². The minimum atomic E-state index is -4.84. The summed E-state index contributed by atoms with van der Waals surface area (Å²) in [4.78, 5) is 11.2. The van der Waals surface area contributed by atoms with Gasteiger partial charge in [0.05, 0.1) is 22.0 Å². The highest BCUT2D eigenvalue weighted by atomic mass is 32.2. The fraction of sp³-hybridized carbons (Fsp3) is 0.238. The van der Waals surface area contributed by atoms with Crippen LogP contribution >= 0.6 is 0 Å². The van der Waals surface area contributed by atoms with Gasteiger partial charge in [-0.1, -0.05) is 6.92 Å². The minimum Gasteiger partial charge on any atom is -0.428 e. The van der Waals surface area contributed by atoms with Gasteiger partial charge in [0.15, 0.2) is 9.84 Å². The molecule has 0 saturated heterocycles. The molecule has 0 amide bonds. The molecule has 4 aromatic rings. The van der Waals surface area contributed by atoms with Crippen molar-refractivity contribution in [2.75, 3.05) is 5.75 Å². The molecule has 0 spiro atoms. The van der Waals surface area contributed by atoms with E-state index in [9.17, 15) is 39.2 Å². The maximum absolute atomic E-state index is 13.1. The van der Waals surface area contributed by atoms with E-state index in [0.717, 1.165) is 29.0 Å². The lowest BCUT2D eigenvalue weighted by molar-refractivity contribution is -0.253. The number of pyridine rings is 1. The van der Waals surface area contributed by atoms with Crippen molar-refractivity contribution in [3.63, 3.8) is 0 Å². The zero-order valence-electron chi connectivity index (χ0n) is 18.4. The van der Waals surface area contributed by atoms with Crippen molar-refractivity contribution in [1.82, 2.24) is 24.6 Å². The fourth-order valence-corrected chi connectivity index (χ4v) is 4.18. The number of nitrogens with zero attached hydrogens (tertiary/aromatic N) is 5. The van der Waals surface area contributed by atoms with Crippen LogP contribution in [0.2, 0.25) is 0 Å². The van der Waals surface area contributed by atoms with Crippen LogP contribution in [0.1, 0.15) is 12.7 Å². The standard InChI is InChI=1S/C21H14F7N5O3S/c1-2-37(34,35)15-8-7-14(11-3-5-13(6-4-11)36-21(27,28)17(22)23)30-16(15)12-9-29-19-31-18(20(24,25)26)32-33(19)10-12/h3-10,17H,2H2,1H3. The van der Waals surface area contributed by atoms with E-state index < -0.39 is 40.1 Å². The van der Waals surface area contributed by atoms with Crippen LogP contribution in [0.15, 0.2) is 53.7 Å². The van der Waals surface area contributed by atoms with Gasteiger partial charge in [0.25, 0.3) is 11.6 Å². The van der Waals surface area contributed by atoms with E-state index >= 15 is 0 Å². The molecule has 1 aromatic carbocycles. The number of alkyl halides is 7. The van der Waals surface area contributed by atoms with E-state index in [1.807, 2.05) is 0 Å². The molecule has 0 fully saturated rings. The maximum Gasteiger partial charge on any atom is 0.461 e. The van der Waals surface area contributed by atoms with Crippen molar-refractivity contribution >= 4 is 15.6 Å². The molecular formula is C21H14F7N5O3S. The Morgan fingerprint density at radius 1 is 0.973 bits per heavy atom. The van der Waals surface area contributed by atoms with Gasteiger partial charge in [-0.25, -0.2) is 22.9 Å². The molecule has 4 rings (SSSR count). The van der Waals surface area contributed by atoms with Crippen molar-refractivity contribution in [3.8, 4) is 28.3 Å². The topological polar surface area (TPSA) is 99.3 Å². The first-order valence-electron chi connectivity index (χ1n) is 10.2. The first kappa shape index (κ1) is 26.2. The van der Waals surface area contributed by atoms with Crippen molar-refractivity contribution in [1.29, 1.82) is 0 Å². The summed E-state index contributed by atoms with van der Waals surface area (Å²) in [6.45, 7) is 1.38. The van der Waals surface area contributed by atoms with Gasteiger partial charge in [-0.15, -0.1) is 5.10 Å². The second-order valence-electron chi connectivity index (χ2n) is 7.46. The summed E-state index contributed by atoms with van der Waals surface area (Å²) in [6.07, 6.45) is -11.4. The Morgan fingerprint density at radius 2 is 1.65 bits per heavy atom. The Balaban J connectivity index is 1.79. The lowest BCUT2D eigenvalue weighted by Gasteiger charge is -2.17. The SMILES string of the molecule is CCS(=O)(=O)c1ccc(-c2ccc(OC(F)(F)C(F)F)cc2)nc1-c1cnc2nc(C(F)(F)F)nn2c1. The zero-order valence-corrected chi connectivity index (χ0v) is 19.2. The molecule has 0 saturated carbocycles. The number of halogens is 7. The number of aromatic nitrogens is 5. The predicted molar refractivity (Wildman–Crippen MR) is 114 cm³/mol. The molecule has 3 aromatic heterocycles. The third-order valence-corrected chi connectivity index (χ3v) is 6.71. The molecule has 0 atom stereocenters. The number of rotatable bonds is 7. The molecule has 0 radical (unpaired) electrons. The van der Waals surface area contributed by atoms with Gasteiger partial charge in [-0.3, -0.25) is 0 Å². The van der Waals surface area contributed by atoms with E-state index in [2.05, 4.69) is 24.8 Å². The van der Waals surface area contributed by atoms with Gasteiger partial charge in [-0.2, -0.15) is 35.7 Å². The molecule has 196 valence electrons. The number of benzene rings is 1.